The summed E-state index contributed by atoms with van der Waals surface area (Å²) in [6, 6.07) is 7.45. The number of carboxylic acid groups (broad SMARTS) is 1. The summed E-state index contributed by atoms with van der Waals surface area (Å²) in [5, 5.41) is 12.2. The Kier molecular flexibility index (Phi) is 4.20. The molecule has 0 saturated carbocycles. The molecule has 0 aromatic heterocycles. The van der Waals surface area contributed by atoms with Crippen molar-refractivity contribution in [2.24, 2.45) is 0 Å². The number of hydrogen-bond acceptors (Lipinski definition) is 2. The number of rotatable bonds is 4. The molecule has 2 aromatic carbocycles. The molecule has 0 fully saturated rings. The number of anilines is 1. The summed E-state index contributed by atoms with van der Waals surface area (Å²) in [6.07, 6.45) is 0. The molecule has 0 aliphatic heterocycles. The van der Waals surface area contributed by atoms with E-state index in [9.17, 15) is 13.6 Å². The lowest BCUT2D eigenvalue weighted by Crippen LogP contribution is -2.07. The van der Waals surface area contributed by atoms with Crippen molar-refractivity contribution in [3.63, 3.8) is 0 Å². The second kappa shape index (κ2) is 5.88. The fourth-order valence-corrected chi connectivity index (χ4v) is 1.88. The molecule has 2 N–H and O–H groups in total. The zero-order valence-corrected chi connectivity index (χ0v) is 10.9. The van der Waals surface area contributed by atoms with Gasteiger partial charge in [-0.25, -0.2) is 13.6 Å². The quantitative estimate of drug-likeness (QED) is 0.899. The Labute approximate surface area is 118 Å². The Morgan fingerprint density at radius 1 is 1.20 bits per heavy atom. The third kappa shape index (κ3) is 3.24. The highest BCUT2D eigenvalue weighted by Crippen LogP contribution is 2.22. The van der Waals surface area contributed by atoms with Gasteiger partial charge in [-0.3, -0.25) is 0 Å². The minimum absolute atomic E-state index is 0.0206. The lowest BCUT2D eigenvalue weighted by molar-refractivity contribution is 0.0698. The van der Waals surface area contributed by atoms with Gasteiger partial charge in [-0.15, -0.1) is 0 Å². The molecule has 6 heteroatoms. The highest BCUT2D eigenvalue weighted by Gasteiger charge is 2.11. The topological polar surface area (TPSA) is 49.3 Å². The number of nitrogens with one attached hydrogen (secondary N) is 1. The molecule has 0 spiro atoms. The lowest BCUT2D eigenvalue weighted by atomic mass is 10.1. The molecule has 0 unspecified atom stereocenters. The Balaban J connectivity index is 2.22. The van der Waals surface area contributed by atoms with E-state index in [4.69, 9.17) is 16.7 Å². The van der Waals surface area contributed by atoms with Crippen LogP contribution in [0.1, 0.15) is 15.9 Å². The fourth-order valence-electron chi connectivity index (χ4n) is 1.70. The second-order valence-electron chi connectivity index (χ2n) is 4.08. The summed E-state index contributed by atoms with van der Waals surface area (Å²) in [7, 11) is 0. The van der Waals surface area contributed by atoms with Gasteiger partial charge in [0.1, 0.15) is 11.6 Å². The zero-order chi connectivity index (χ0) is 14.7. The summed E-state index contributed by atoms with van der Waals surface area (Å²) >= 11 is 5.80. The molecule has 0 bridgehead atoms. The number of carbonyl (C=O) groups is 1. The van der Waals surface area contributed by atoms with Crippen LogP contribution in [-0.4, -0.2) is 11.1 Å². The number of carboxylic acids is 1. The molecule has 0 amide bonds. The van der Waals surface area contributed by atoms with Gasteiger partial charge in [0.25, 0.3) is 0 Å². The zero-order valence-electron chi connectivity index (χ0n) is 10.2. The molecule has 0 atom stereocenters. The van der Waals surface area contributed by atoms with Crippen LogP contribution < -0.4 is 5.32 Å². The van der Waals surface area contributed by atoms with Gasteiger partial charge >= 0.3 is 5.97 Å². The van der Waals surface area contributed by atoms with Crippen molar-refractivity contribution in [2.45, 2.75) is 6.54 Å². The number of benzene rings is 2. The van der Waals surface area contributed by atoms with Crippen LogP contribution in [0, 0.1) is 11.6 Å². The second-order valence-corrected chi connectivity index (χ2v) is 4.52. The van der Waals surface area contributed by atoms with E-state index in [0.717, 1.165) is 12.1 Å². The highest BCUT2D eigenvalue weighted by molar-refractivity contribution is 6.31. The van der Waals surface area contributed by atoms with Crippen LogP contribution >= 0.6 is 11.6 Å². The van der Waals surface area contributed by atoms with Crippen LogP contribution in [-0.2, 0) is 6.54 Å². The molecule has 20 heavy (non-hydrogen) atoms. The molecule has 104 valence electrons. The molecule has 0 saturated heterocycles. The van der Waals surface area contributed by atoms with E-state index >= 15 is 0 Å². The summed E-state index contributed by atoms with van der Waals surface area (Å²) in [4.78, 5) is 11.0. The van der Waals surface area contributed by atoms with Gasteiger partial charge < -0.3 is 10.4 Å². The van der Waals surface area contributed by atoms with E-state index in [-0.39, 0.29) is 23.4 Å². The van der Waals surface area contributed by atoms with Crippen LogP contribution in [0.25, 0.3) is 0 Å². The molecule has 0 radical (unpaired) electrons. The molecule has 0 heterocycles. The summed E-state index contributed by atoms with van der Waals surface area (Å²) in [6.45, 7) is 0.0206. The third-order valence-electron chi connectivity index (χ3n) is 2.70. The van der Waals surface area contributed by atoms with E-state index in [0.29, 0.717) is 5.02 Å². The van der Waals surface area contributed by atoms with Gasteiger partial charge in [0, 0.05) is 23.2 Å². The first-order valence-corrected chi connectivity index (χ1v) is 6.06. The summed E-state index contributed by atoms with van der Waals surface area (Å²) in [5.74, 6) is -2.49. The molecule has 2 aromatic rings. The largest absolute Gasteiger partial charge is 0.478 e. The van der Waals surface area contributed by atoms with Crippen molar-refractivity contribution >= 4 is 23.3 Å². The van der Waals surface area contributed by atoms with Crippen LogP contribution in [0.4, 0.5) is 14.5 Å². The van der Waals surface area contributed by atoms with E-state index in [1.165, 1.54) is 24.3 Å². The van der Waals surface area contributed by atoms with Gasteiger partial charge in [-0.05, 0) is 24.3 Å². The fraction of sp³-hybridized carbons (Fsp3) is 0.0714. The SMILES string of the molecule is O=C(O)c1ccc(Cl)cc1NCc1ccc(F)cc1F. The third-order valence-corrected chi connectivity index (χ3v) is 2.93. The molecular formula is C14H10ClF2NO2. The van der Waals surface area contributed by atoms with Gasteiger partial charge in [0.05, 0.1) is 11.3 Å². The first-order valence-electron chi connectivity index (χ1n) is 5.68. The monoisotopic (exact) mass is 297 g/mol. The Morgan fingerprint density at radius 3 is 2.60 bits per heavy atom. The van der Waals surface area contributed by atoms with Crippen molar-refractivity contribution in [3.8, 4) is 0 Å². The van der Waals surface area contributed by atoms with Gasteiger partial charge in [0.15, 0.2) is 0 Å². The average Bonchev–Trinajstić information content (AvgIpc) is 2.37. The summed E-state index contributed by atoms with van der Waals surface area (Å²) in [5.41, 5.74) is 0.522. The Hall–Kier alpha value is -2.14. The number of halogens is 3. The molecule has 0 aliphatic rings. The maximum Gasteiger partial charge on any atom is 0.337 e. The van der Waals surface area contributed by atoms with E-state index in [2.05, 4.69) is 5.32 Å². The van der Waals surface area contributed by atoms with Crippen molar-refractivity contribution in [3.05, 3.63) is 64.2 Å². The minimum atomic E-state index is -1.12. The smallest absolute Gasteiger partial charge is 0.337 e. The molecule has 0 aliphatic carbocycles. The maximum atomic E-state index is 13.5. The lowest BCUT2D eigenvalue weighted by Gasteiger charge is -2.10. The van der Waals surface area contributed by atoms with Crippen LogP contribution in [0.5, 0.6) is 0 Å². The number of hydrogen-bond donors (Lipinski definition) is 2. The molecule has 3 nitrogen and oxygen atoms in total. The van der Waals surface area contributed by atoms with Crippen molar-refractivity contribution in [1.29, 1.82) is 0 Å². The normalized spacial score (nSPS) is 10.3. The number of aromatic carboxylic acids is 1. The maximum absolute atomic E-state index is 13.5. The average molecular weight is 298 g/mol. The van der Waals surface area contributed by atoms with E-state index < -0.39 is 17.6 Å². The van der Waals surface area contributed by atoms with E-state index in [1.54, 1.807) is 0 Å². The van der Waals surface area contributed by atoms with E-state index in [1.807, 2.05) is 0 Å². The Morgan fingerprint density at radius 2 is 1.95 bits per heavy atom. The highest BCUT2D eigenvalue weighted by atomic mass is 35.5. The first kappa shape index (κ1) is 14.3. The molecule has 2 rings (SSSR count). The molecular weight excluding hydrogens is 288 g/mol. The van der Waals surface area contributed by atoms with Gasteiger partial charge in [-0.2, -0.15) is 0 Å². The predicted molar refractivity (Wildman–Crippen MR) is 72.1 cm³/mol. The van der Waals surface area contributed by atoms with Crippen molar-refractivity contribution in [1.82, 2.24) is 0 Å². The van der Waals surface area contributed by atoms with Crippen molar-refractivity contribution < 1.29 is 18.7 Å². The standard InChI is InChI=1S/C14H10ClF2NO2/c15-9-2-4-11(14(19)20)13(5-9)18-7-8-1-3-10(16)6-12(8)17/h1-6,18H,7H2,(H,19,20). The Bertz CT molecular complexity index is 662. The first-order chi connectivity index (χ1) is 9.47. The van der Waals surface area contributed by atoms with Gasteiger partial charge in [-0.1, -0.05) is 17.7 Å². The van der Waals surface area contributed by atoms with Gasteiger partial charge in [0.2, 0.25) is 0 Å². The van der Waals surface area contributed by atoms with Crippen LogP contribution in [0.2, 0.25) is 5.02 Å². The van der Waals surface area contributed by atoms with Crippen LogP contribution in [0.15, 0.2) is 36.4 Å². The predicted octanol–water partition coefficient (Wildman–Crippen LogP) is 3.93. The minimum Gasteiger partial charge on any atom is -0.478 e. The van der Waals surface area contributed by atoms with Crippen molar-refractivity contribution in [2.75, 3.05) is 5.32 Å². The summed E-state index contributed by atoms with van der Waals surface area (Å²) < 4.78 is 26.2. The van der Waals surface area contributed by atoms with Crippen LogP contribution in [0.3, 0.4) is 0 Å².